The minimum absolute atomic E-state index is 0.190. The van der Waals surface area contributed by atoms with Crippen LogP contribution in [0.1, 0.15) is 37.8 Å². The number of hydrogen-bond donors (Lipinski definition) is 1. The fraction of sp³-hybridized carbons (Fsp3) is 0.391. The number of amides is 1. The molecule has 0 spiro atoms. The minimum Gasteiger partial charge on any atom is -0.493 e. The van der Waals surface area contributed by atoms with E-state index in [0.29, 0.717) is 47.8 Å². The summed E-state index contributed by atoms with van der Waals surface area (Å²) in [4.78, 5) is 12.5. The standard InChI is InChI=1S/C23H29N3O5S/c1-5-26(6-2)32(28,29)22-15-19(11-9-17(22)3)25-23(27)8-7-13-31-20-12-10-18(16-24)14-21(20)30-4/h9-12,14-15H,5-8,13H2,1-4H3,(H,25,27). The van der Waals surface area contributed by atoms with Gasteiger partial charge in [0.1, 0.15) is 0 Å². The molecule has 8 nitrogen and oxygen atoms in total. The molecule has 2 aromatic carbocycles. The molecule has 0 aromatic heterocycles. The van der Waals surface area contributed by atoms with Gasteiger partial charge < -0.3 is 14.8 Å². The van der Waals surface area contributed by atoms with Gasteiger partial charge in [0.05, 0.1) is 30.2 Å². The molecule has 2 aromatic rings. The number of nitrogens with one attached hydrogen (secondary N) is 1. The first kappa shape index (κ1) is 25.2. The summed E-state index contributed by atoms with van der Waals surface area (Å²) in [5, 5.41) is 11.7. The average Bonchev–Trinajstić information content (AvgIpc) is 2.78. The number of aryl methyl sites for hydroxylation is 1. The molecule has 0 saturated heterocycles. The molecule has 2 rings (SSSR count). The Bertz CT molecular complexity index is 1090. The molecule has 0 atom stereocenters. The largest absolute Gasteiger partial charge is 0.493 e. The Hall–Kier alpha value is -3.09. The molecule has 9 heteroatoms. The van der Waals surface area contributed by atoms with Crippen LogP contribution in [0, 0.1) is 18.3 Å². The summed E-state index contributed by atoms with van der Waals surface area (Å²) in [6.07, 6.45) is 0.649. The maximum absolute atomic E-state index is 12.9. The molecule has 1 N–H and O–H groups in total. The monoisotopic (exact) mass is 459 g/mol. The fourth-order valence-corrected chi connectivity index (χ4v) is 4.86. The Balaban J connectivity index is 1.96. The zero-order chi connectivity index (χ0) is 23.7. The number of methoxy groups -OCH3 is 1. The molecule has 32 heavy (non-hydrogen) atoms. The Morgan fingerprint density at radius 3 is 2.47 bits per heavy atom. The SMILES string of the molecule is CCN(CC)S(=O)(=O)c1cc(NC(=O)CCCOc2ccc(C#N)cc2OC)ccc1C. The van der Waals surface area contributed by atoms with E-state index in [0.717, 1.165) is 0 Å². The third kappa shape index (κ3) is 6.22. The lowest BCUT2D eigenvalue weighted by molar-refractivity contribution is -0.116. The van der Waals surface area contributed by atoms with Crippen molar-refractivity contribution in [3.63, 3.8) is 0 Å². The van der Waals surface area contributed by atoms with Crippen LogP contribution in [-0.4, -0.2) is 45.4 Å². The second-order valence-corrected chi connectivity index (χ2v) is 8.95. The second-order valence-electron chi connectivity index (χ2n) is 7.05. The van der Waals surface area contributed by atoms with E-state index in [1.165, 1.54) is 17.5 Å². The van der Waals surface area contributed by atoms with Gasteiger partial charge in [-0.15, -0.1) is 0 Å². The van der Waals surface area contributed by atoms with Crippen molar-refractivity contribution in [1.29, 1.82) is 5.26 Å². The van der Waals surface area contributed by atoms with Gasteiger partial charge in [0.2, 0.25) is 15.9 Å². The van der Waals surface area contributed by atoms with Gasteiger partial charge >= 0.3 is 0 Å². The summed E-state index contributed by atoms with van der Waals surface area (Å²) < 4.78 is 38.0. The van der Waals surface area contributed by atoms with Crippen molar-refractivity contribution in [2.75, 3.05) is 32.1 Å². The second kappa shape index (κ2) is 11.5. The molecule has 0 aliphatic carbocycles. The predicted molar refractivity (Wildman–Crippen MR) is 122 cm³/mol. The van der Waals surface area contributed by atoms with Crippen molar-refractivity contribution >= 4 is 21.6 Å². The number of rotatable bonds is 11. The van der Waals surface area contributed by atoms with Gasteiger partial charge in [0, 0.05) is 31.3 Å². The molecule has 0 saturated carbocycles. The maximum atomic E-state index is 12.9. The quantitative estimate of drug-likeness (QED) is 0.513. The number of sulfonamides is 1. The van der Waals surface area contributed by atoms with Crippen molar-refractivity contribution in [2.45, 2.75) is 38.5 Å². The molecule has 0 fully saturated rings. The number of anilines is 1. The van der Waals surface area contributed by atoms with E-state index >= 15 is 0 Å². The number of benzene rings is 2. The first-order valence-electron chi connectivity index (χ1n) is 10.4. The average molecular weight is 460 g/mol. The molecular formula is C23H29N3O5S. The van der Waals surface area contributed by atoms with Gasteiger partial charge in [-0.3, -0.25) is 4.79 Å². The third-order valence-corrected chi connectivity index (χ3v) is 7.09. The fourth-order valence-electron chi connectivity index (χ4n) is 3.15. The summed E-state index contributed by atoms with van der Waals surface area (Å²) in [7, 11) is -2.13. The van der Waals surface area contributed by atoms with Crippen LogP contribution in [0.2, 0.25) is 0 Å². The number of nitriles is 1. The van der Waals surface area contributed by atoms with Crippen LogP contribution in [-0.2, 0) is 14.8 Å². The van der Waals surface area contributed by atoms with Crippen LogP contribution in [0.25, 0.3) is 0 Å². The highest BCUT2D eigenvalue weighted by Crippen LogP contribution is 2.28. The number of nitrogens with zero attached hydrogens (tertiary/aromatic N) is 2. The van der Waals surface area contributed by atoms with Crippen molar-refractivity contribution < 1.29 is 22.7 Å². The Labute approximate surface area is 189 Å². The van der Waals surface area contributed by atoms with Gasteiger partial charge in [-0.2, -0.15) is 9.57 Å². The lowest BCUT2D eigenvalue weighted by atomic mass is 10.2. The normalized spacial score (nSPS) is 11.1. The summed E-state index contributed by atoms with van der Waals surface area (Å²) in [5.41, 5.74) is 1.52. The molecule has 0 radical (unpaired) electrons. The highest BCUT2D eigenvalue weighted by Gasteiger charge is 2.24. The van der Waals surface area contributed by atoms with Gasteiger partial charge in [-0.05, 0) is 43.2 Å². The van der Waals surface area contributed by atoms with Gasteiger partial charge in [0.25, 0.3) is 0 Å². The zero-order valence-electron chi connectivity index (χ0n) is 18.8. The lowest BCUT2D eigenvalue weighted by Crippen LogP contribution is -2.31. The Morgan fingerprint density at radius 1 is 1.12 bits per heavy atom. The van der Waals surface area contributed by atoms with Crippen molar-refractivity contribution in [2.24, 2.45) is 0 Å². The van der Waals surface area contributed by atoms with Gasteiger partial charge in [-0.1, -0.05) is 19.9 Å². The van der Waals surface area contributed by atoms with E-state index in [1.54, 1.807) is 51.1 Å². The van der Waals surface area contributed by atoms with Crippen LogP contribution in [0.3, 0.4) is 0 Å². The van der Waals surface area contributed by atoms with Crippen LogP contribution in [0.5, 0.6) is 11.5 Å². The van der Waals surface area contributed by atoms with E-state index < -0.39 is 10.0 Å². The summed E-state index contributed by atoms with van der Waals surface area (Å²) in [5.74, 6) is 0.710. The molecule has 172 valence electrons. The lowest BCUT2D eigenvalue weighted by Gasteiger charge is -2.20. The molecule has 0 aliphatic heterocycles. The van der Waals surface area contributed by atoms with Crippen molar-refractivity contribution in [1.82, 2.24) is 4.31 Å². The van der Waals surface area contributed by atoms with Crippen molar-refractivity contribution in [3.05, 3.63) is 47.5 Å². The molecule has 0 aliphatic rings. The number of hydrogen-bond acceptors (Lipinski definition) is 6. The van der Waals surface area contributed by atoms with E-state index in [1.807, 2.05) is 6.07 Å². The van der Waals surface area contributed by atoms with Crippen LogP contribution in [0.15, 0.2) is 41.3 Å². The Morgan fingerprint density at radius 2 is 1.84 bits per heavy atom. The molecule has 1 amide bonds. The number of carbonyl (C=O) groups is 1. The summed E-state index contributed by atoms with van der Waals surface area (Å²) >= 11 is 0. The summed E-state index contributed by atoms with van der Waals surface area (Å²) in [6.45, 7) is 6.34. The van der Waals surface area contributed by atoms with Crippen LogP contribution in [0.4, 0.5) is 5.69 Å². The van der Waals surface area contributed by atoms with E-state index in [2.05, 4.69) is 5.32 Å². The van der Waals surface area contributed by atoms with Crippen molar-refractivity contribution in [3.8, 4) is 17.6 Å². The third-order valence-electron chi connectivity index (χ3n) is 4.89. The Kier molecular flexibility index (Phi) is 9.05. The van der Waals surface area contributed by atoms with E-state index in [-0.39, 0.29) is 23.8 Å². The molecule has 0 unspecified atom stereocenters. The first-order chi connectivity index (χ1) is 15.3. The van der Waals surface area contributed by atoms with Gasteiger partial charge in [-0.25, -0.2) is 8.42 Å². The number of ether oxygens (including phenoxy) is 2. The molecule has 0 bridgehead atoms. The predicted octanol–water partition coefficient (Wildman–Crippen LogP) is 3.70. The topological polar surface area (TPSA) is 109 Å². The van der Waals surface area contributed by atoms with Crippen LogP contribution >= 0.6 is 0 Å². The first-order valence-corrected chi connectivity index (χ1v) is 11.8. The van der Waals surface area contributed by atoms with Gasteiger partial charge in [0.15, 0.2) is 11.5 Å². The minimum atomic E-state index is -3.62. The summed E-state index contributed by atoms with van der Waals surface area (Å²) in [6, 6.07) is 11.8. The highest BCUT2D eigenvalue weighted by molar-refractivity contribution is 7.89. The van der Waals surface area contributed by atoms with E-state index in [9.17, 15) is 13.2 Å². The van der Waals surface area contributed by atoms with E-state index in [4.69, 9.17) is 14.7 Å². The highest BCUT2D eigenvalue weighted by atomic mass is 32.2. The maximum Gasteiger partial charge on any atom is 0.243 e. The van der Waals surface area contributed by atoms with Crippen LogP contribution < -0.4 is 14.8 Å². The molecular weight excluding hydrogens is 430 g/mol. The smallest absolute Gasteiger partial charge is 0.243 e. The number of carbonyl (C=O) groups excluding carboxylic acids is 1. The zero-order valence-corrected chi connectivity index (χ0v) is 19.7. The molecule has 0 heterocycles.